The average Bonchev–Trinajstić information content (AvgIpc) is 2.96. The molecule has 0 spiro atoms. The van der Waals surface area contributed by atoms with Gasteiger partial charge in [0.1, 0.15) is 0 Å². The van der Waals surface area contributed by atoms with Gasteiger partial charge in [-0.05, 0) is 12.8 Å². The first-order valence-electron chi connectivity index (χ1n) is 5.81. The number of imidazole rings is 1. The van der Waals surface area contributed by atoms with E-state index >= 15 is 0 Å². The van der Waals surface area contributed by atoms with E-state index in [0.29, 0.717) is 0 Å². The highest BCUT2D eigenvalue weighted by atomic mass is 15.3. The Bertz CT molecular complexity index is 324. The summed E-state index contributed by atoms with van der Waals surface area (Å²) >= 11 is 0. The fraction of sp³-hybridized carbons (Fsp3) is 0.636. The Labute approximate surface area is 96.2 Å². The van der Waals surface area contributed by atoms with Crippen LogP contribution in [0.3, 0.4) is 0 Å². The molecule has 0 atom stereocenters. The summed E-state index contributed by atoms with van der Waals surface area (Å²) < 4.78 is 2.06. The predicted octanol–water partition coefficient (Wildman–Crippen LogP) is 0.554. The van der Waals surface area contributed by atoms with Crippen molar-refractivity contribution in [2.45, 2.75) is 19.4 Å². The van der Waals surface area contributed by atoms with E-state index in [4.69, 9.17) is 0 Å². The predicted molar refractivity (Wildman–Crippen MR) is 64.4 cm³/mol. The molecule has 0 amide bonds. The summed E-state index contributed by atoms with van der Waals surface area (Å²) in [5.41, 5.74) is 0. The molecule has 1 saturated heterocycles. The molecule has 1 aromatic heterocycles. The highest BCUT2D eigenvalue weighted by Gasteiger charge is 2.14. The molecule has 1 aliphatic rings. The van der Waals surface area contributed by atoms with Gasteiger partial charge in [0.25, 0.3) is 0 Å². The molecule has 0 unspecified atom stereocenters. The highest BCUT2D eigenvalue weighted by molar-refractivity contribution is 5.80. The Morgan fingerprint density at radius 3 is 2.88 bits per heavy atom. The van der Waals surface area contributed by atoms with Gasteiger partial charge < -0.3 is 14.8 Å². The Morgan fingerprint density at radius 1 is 1.44 bits per heavy atom. The molecule has 0 aliphatic carbocycles. The lowest BCUT2D eigenvalue weighted by molar-refractivity contribution is 0.489. The number of guanidine groups is 1. The zero-order valence-electron chi connectivity index (χ0n) is 9.76. The maximum Gasteiger partial charge on any atom is 0.193 e. The summed E-state index contributed by atoms with van der Waals surface area (Å²) in [6.45, 7) is 4.07. The second-order valence-corrected chi connectivity index (χ2v) is 3.97. The van der Waals surface area contributed by atoms with Crippen LogP contribution in [0.1, 0.15) is 12.8 Å². The molecule has 0 radical (unpaired) electrons. The normalized spacial score (nSPS) is 16.8. The van der Waals surface area contributed by atoms with Crippen molar-refractivity contribution < 1.29 is 0 Å². The third-order valence-electron chi connectivity index (χ3n) is 2.83. The van der Waals surface area contributed by atoms with Crippen molar-refractivity contribution >= 4 is 5.96 Å². The zero-order valence-corrected chi connectivity index (χ0v) is 9.76. The first kappa shape index (κ1) is 11.0. The molecule has 2 heterocycles. The molecule has 1 fully saturated rings. The third kappa shape index (κ3) is 2.74. The van der Waals surface area contributed by atoms with Crippen LogP contribution in [0, 0.1) is 0 Å². The van der Waals surface area contributed by atoms with Crippen molar-refractivity contribution in [3.63, 3.8) is 0 Å². The molecule has 5 nitrogen and oxygen atoms in total. The molecule has 88 valence electrons. The molecule has 5 heteroatoms. The number of nitrogens with zero attached hydrogens (tertiary/aromatic N) is 4. The van der Waals surface area contributed by atoms with Crippen LogP contribution in [-0.2, 0) is 6.54 Å². The lowest BCUT2D eigenvalue weighted by Crippen LogP contribution is -2.40. The van der Waals surface area contributed by atoms with Gasteiger partial charge in [0.15, 0.2) is 5.96 Å². The minimum Gasteiger partial charge on any atom is -0.354 e. The van der Waals surface area contributed by atoms with Crippen LogP contribution >= 0.6 is 0 Å². The maximum atomic E-state index is 4.30. The van der Waals surface area contributed by atoms with Crippen LogP contribution in [0.2, 0.25) is 0 Å². The number of aromatic nitrogens is 2. The van der Waals surface area contributed by atoms with E-state index in [1.165, 1.54) is 12.8 Å². The number of hydrogen-bond donors (Lipinski definition) is 1. The minimum absolute atomic E-state index is 0.888. The van der Waals surface area contributed by atoms with Crippen LogP contribution in [0.5, 0.6) is 0 Å². The summed E-state index contributed by atoms with van der Waals surface area (Å²) in [4.78, 5) is 10.6. The van der Waals surface area contributed by atoms with Crippen molar-refractivity contribution in [2.24, 2.45) is 4.99 Å². The zero-order chi connectivity index (χ0) is 11.2. The second-order valence-electron chi connectivity index (χ2n) is 3.97. The van der Waals surface area contributed by atoms with Crippen molar-refractivity contribution in [3.05, 3.63) is 18.7 Å². The van der Waals surface area contributed by atoms with Gasteiger partial charge in [-0.15, -0.1) is 0 Å². The van der Waals surface area contributed by atoms with Crippen molar-refractivity contribution in [1.29, 1.82) is 0 Å². The molecule has 2 rings (SSSR count). The van der Waals surface area contributed by atoms with Gasteiger partial charge in [0.05, 0.1) is 6.33 Å². The van der Waals surface area contributed by atoms with Gasteiger partial charge in [0.2, 0.25) is 0 Å². The summed E-state index contributed by atoms with van der Waals surface area (Å²) in [6, 6.07) is 0. The van der Waals surface area contributed by atoms with E-state index < -0.39 is 0 Å². The number of rotatable bonds is 3. The van der Waals surface area contributed by atoms with Gasteiger partial charge >= 0.3 is 0 Å². The molecule has 0 bridgehead atoms. The van der Waals surface area contributed by atoms with Gasteiger partial charge in [-0.3, -0.25) is 4.99 Å². The number of likely N-dealkylation sites (tertiary alicyclic amines) is 1. The van der Waals surface area contributed by atoms with E-state index in [0.717, 1.165) is 32.1 Å². The largest absolute Gasteiger partial charge is 0.354 e. The van der Waals surface area contributed by atoms with Crippen LogP contribution in [0.15, 0.2) is 23.7 Å². The van der Waals surface area contributed by atoms with Crippen molar-refractivity contribution in [2.75, 3.05) is 26.7 Å². The molecular weight excluding hydrogens is 202 g/mol. The lowest BCUT2D eigenvalue weighted by atomic mass is 10.4. The van der Waals surface area contributed by atoms with Crippen molar-refractivity contribution in [1.82, 2.24) is 19.8 Å². The van der Waals surface area contributed by atoms with Crippen LogP contribution in [-0.4, -0.2) is 47.1 Å². The van der Waals surface area contributed by atoms with E-state index in [1.807, 2.05) is 19.6 Å². The monoisotopic (exact) mass is 221 g/mol. The maximum absolute atomic E-state index is 4.30. The van der Waals surface area contributed by atoms with E-state index in [9.17, 15) is 0 Å². The van der Waals surface area contributed by atoms with Crippen LogP contribution in [0.25, 0.3) is 0 Å². The van der Waals surface area contributed by atoms with Gasteiger partial charge in [0, 0.05) is 45.6 Å². The Kier molecular flexibility index (Phi) is 3.80. The first-order chi connectivity index (χ1) is 7.90. The number of hydrogen-bond acceptors (Lipinski definition) is 2. The van der Waals surface area contributed by atoms with E-state index in [-0.39, 0.29) is 0 Å². The molecule has 1 N–H and O–H groups in total. The van der Waals surface area contributed by atoms with Crippen molar-refractivity contribution in [3.8, 4) is 0 Å². The van der Waals surface area contributed by atoms with Crippen LogP contribution in [0.4, 0.5) is 0 Å². The Morgan fingerprint density at radius 2 is 2.25 bits per heavy atom. The van der Waals surface area contributed by atoms with Gasteiger partial charge in [-0.2, -0.15) is 0 Å². The fourth-order valence-corrected chi connectivity index (χ4v) is 1.98. The summed E-state index contributed by atoms with van der Waals surface area (Å²) in [5, 5.41) is 3.38. The van der Waals surface area contributed by atoms with Crippen LogP contribution < -0.4 is 5.32 Å². The average molecular weight is 221 g/mol. The fourth-order valence-electron chi connectivity index (χ4n) is 1.98. The molecular formula is C11H19N5. The standard InChI is InChI=1S/C11H19N5/c1-12-11(16-6-2-3-7-16)14-5-9-15-8-4-13-10-15/h4,8,10H,2-3,5-7,9H2,1H3,(H,12,14). The van der Waals surface area contributed by atoms with Gasteiger partial charge in [-0.25, -0.2) is 4.98 Å². The smallest absolute Gasteiger partial charge is 0.193 e. The van der Waals surface area contributed by atoms with E-state index in [2.05, 4.69) is 24.8 Å². The Hall–Kier alpha value is -1.52. The molecule has 16 heavy (non-hydrogen) atoms. The summed E-state index contributed by atoms with van der Waals surface area (Å²) in [7, 11) is 1.85. The molecule has 0 saturated carbocycles. The summed E-state index contributed by atoms with van der Waals surface area (Å²) in [5.74, 6) is 1.03. The topological polar surface area (TPSA) is 45.5 Å². The molecule has 1 aromatic rings. The lowest BCUT2D eigenvalue weighted by Gasteiger charge is -2.20. The third-order valence-corrected chi connectivity index (χ3v) is 2.83. The highest BCUT2D eigenvalue weighted by Crippen LogP contribution is 2.06. The Balaban J connectivity index is 1.75. The second kappa shape index (κ2) is 5.53. The summed E-state index contributed by atoms with van der Waals surface area (Å²) in [6.07, 6.45) is 8.17. The molecule has 1 aliphatic heterocycles. The number of aliphatic imine (C=N–C) groups is 1. The first-order valence-corrected chi connectivity index (χ1v) is 5.81. The SMILES string of the molecule is CN=C(NCCn1ccnc1)N1CCCC1. The molecule has 0 aromatic carbocycles. The quantitative estimate of drug-likeness (QED) is 0.599. The van der Waals surface area contributed by atoms with Gasteiger partial charge in [-0.1, -0.05) is 0 Å². The van der Waals surface area contributed by atoms with E-state index in [1.54, 1.807) is 6.20 Å². The number of nitrogens with one attached hydrogen (secondary N) is 1. The minimum atomic E-state index is 0.888.